The smallest absolute Gasteiger partial charge is 0.326 e. The van der Waals surface area contributed by atoms with Crippen LogP contribution in [0.4, 0.5) is 4.79 Å². The van der Waals surface area contributed by atoms with E-state index >= 15 is 0 Å². The number of carbonyl (C=O) groups is 12. The van der Waals surface area contributed by atoms with Crippen LogP contribution in [0, 0.1) is 11.8 Å². The maximum atomic E-state index is 14.1. The van der Waals surface area contributed by atoms with Crippen molar-refractivity contribution in [3.05, 3.63) is 71.8 Å². The van der Waals surface area contributed by atoms with Crippen LogP contribution in [0.3, 0.4) is 0 Å². The maximum Gasteiger partial charge on any atom is 0.326 e. The summed E-state index contributed by atoms with van der Waals surface area (Å²) in [6.45, 7) is -0.429. The molecule has 71 heavy (non-hydrogen) atoms. The largest absolute Gasteiger partial charge is 0.481 e. The molecule has 0 aliphatic rings. The van der Waals surface area contributed by atoms with Crippen LogP contribution in [0.25, 0.3) is 0 Å². The fraction of sp³-hybridized carbons (Fsp3) is 0.478. The Kier molecular flexibility index (Phi) is 27.3. The summed E-state index contributed by atoms with van der Waals surface area (Å²) in [4.78, 5) is 148. The monoisotopic (exact) mass is 1020 g/mol. The highest BCUT2D eigenvalue weighted by molar-refractivity contribution is 7.80. The summed E-state index contributed by atoms with van der Waals surface area (Å²) in [7, 11) is 0. The van der Waals surface area contributed by atoms with Gasteiger partial charge in [-0.1, -0.05) is 60.7 Å². The number of hydrogen-bond donors (Lipinski definition) is 12. The molecule has 0 bridgehead atoms. The number of thiol groups is 1. The van der Waals surface area contributed by atoms with E-state index in [2.05, 4.69) is 49.3 Å². The molecule has 0 aromatic heterocycles. The number of amides is 6. The summed E-state index contributed by atoms with van der Waals surface area (Å²) in [5.41, 5.74) is 7.42. The first kappa shape index (κ1) is 59.7. The number of carboxylic acids is 4. The molecule has 24 nitrogen and oxygen atoms in total. The SMILES string of the molecule is N[C@@H](CNC(=O)C(CC(=O)C(Cc1ccccc1)NC(=O)CCCCNC(=O)CC[C@H](NC(=O)N[C@@H](CCC(=O)O)OC=O)C(=O)O)Cc1ccccc1)C(=O)N[C@@H](CC(=O)O)C(=O)C[C@H](CS)C(=O)O. The third-order valence-corrected chi connectivity index (χ3v) is 11.1. The third-order valence-electron chi connectivity index (χ3n) is 10.6. The molecule has 25 heteroatoms. The zero-order chi connectivity index (χ0) is 52.9. The van der Waals surface area contributed by atoms with Gasteiger partial charge < -0.3 is 62.8 Å². The molecule has 0 saturated carbocycles. The van der Waals surface area contributed by atoms with Crippen LogP contribution in [-0.4, -0.2) is 141 Å². The van der Waals surface area contributed by atoms with E-state index in [0.717, 1.165) is 0 Å². The fourth-order valence-electron chi connectivity index (χ4n) is 6.77. The molecule has 0 saturated heterocycles. The molecule has 0 fully saturated rings. The zero-order valence-corrected chi connectivity index (χ0v) is 39.5. The minimum Gasteiger partial charge on any atom is -0.481 e. The Bertz CT molecular complexity index is 2150. The molecule has 2 aromatic rings. The van der Waals surface area contributed by atoms with Crippen molar-refractivity contribution in [3.8, 4) is 0 Å². The van der Waals surface area contributed by atoms with Crippen molar-refractivity contribution in [2.75, 3.05) is 18.8 Å². The molecular formula is C46H61N7O17S. The molecule has 0 heterocycles. The lowest BCUT2D eigenvalue weighted by Crippen LogP contribution is -2.53. The molecule has 12 N–H and O–H groups in total. The van der Waals surface area contributed by atoms with E-state index in [0.29, 0.717) is 17.5 Å². The van der Waals surface area contributed by atoms with Gasteiger partial charge in [-0.05, 0) is 43.2 Å². The van der Waals surface area contributed by atoms with E-state index < -0.39 is 133 Å². The zero-order valence-electron chi connectivity index (χ0n) is 38.6. The molecule has 2 rings (SSSR count). The Morgan fingerprint density at radius 1 is 0.592 bits per heavy atom. The number of rotatable bonds is 36. The maximum absolute atomic E-state index is 14.1. The molecule has 0 spiro atoms. The minimum atomic E-state index is -1.62. The summed E-state index contributed by atoms with van der Waals surface area (Å²) in [6, 6.07) is 10.6. The lowest BCUT2D eigenvalue weighted by molar-refractivity contribution is -0.144. The lowest BCUT2D eigenvalue weighted by Gasteiger charge is -2.23. The highest BCUT2D eigenvalue weighted by Gasteiger charge is 2.32. The normalized spacial score (nSPS) is 13.7. The number of hydrogen-bond acceptors (Lipinski definition) is 15. The van der Waals surface area contributed by atoms with Crippen molar-refractivity contribution in [2.24, 2.45) is 17.6 Å². The fourth-order valence-corrected chi connectivity index (χ4v) is 7.05. The van der Waals surface area contributed by atoms with E-state index in [1.165, 1.54) is 0 Å². The van der Waals surface area contributed by atoms with Crippen LogP contribution < -0.4 is 37.6 Å². The van der Waals surface area contributed by atoms with E-state index in [-0.39, 0.29) is 70.1 Å². The van der Waals surface area contributed by atoms with Gasteiger partial charge in [0, 0.05) is 56.9 Å². The van der Waals surface area contributed by atoms with Crippen LogP contribution in [-0.2, 0) is 70.3 Å². The molecule has 2 unspecified atom stereocenters. The highest BCUT2D eigenvalue weighted by Crippen LogP contribution is 2.17. The van der Waals surface area contributed by atoms with Gasteiger partial charge in [0.15, 0.2) is 17.8 Å². The topological polar surface area (TPSA) is 393 Å². The number of Topliss-reactive ketones (excluding diaryl/α,β-unsaturated/α-hetero) is 2. The van der Waals surface area contributed by atoms with E-state index in [1.54, 1.807) is 60.7 Å². The first-order valence-corrected chi connectivity index (χ1v) is 23.0. The summed E-state index contributed by atoms with van der Waals surface area (Å²) in [6.07, 6.45) is -4.01. The van der Waals surface area contributed by atoms with Crippen LogP contribution >= 0.6 is 12.6 Å². The Balaban J connectivity index is 2.04. The number of urea groups is 1. The van der Waals surface area contributed by atoms with Gasteiger partial charge in [0.2, 0.25) is 23.6 Å². The van der Waals surface area contributed by atoms with Crippen molar-refractivity contribution < 1.29 is 82.7 Å². The number of ketones is 2. The molecule has 388 valence electrons. The van der Waals surface area contributed by atoms with Crippen LogP contribution in [0.2, 0.25) is 0 Å². The summed E-state index contributed by atoms with van der Waals surface area (Å²) >= 11 is 3.91. The van der Waals surface area contributed by atoms with Gasteiger partial charge in [-0.3, -0.25) is 47.9 Å². The Morgan fingerprint density at radius 2 is 1.20 bits per heavy atom. The first-order chi connectivity index (χ1) is 33.7. The Morgan fingerprint density at radius 3 is 1.76 bits per heavy atom. The van der Waals surface area contributed by atoms with Crippen LogP contribution in [0.5, 0.6) is 0 Å². The predicted molar refractivity (Wildman–Crippen MR) is 252 cm³/mol. The van der Waals surface area contributed by atoms with E-state index in [4.69, 9.17) is 10.8 Å². The van der Waals surface area contributed by atoms with Gasteiger partial charge in [-0.2, -0.15) is 12.6 Å². The second-order valence-corrected chi connectivity index (χ2v) is 16.6. The van der Waals surface area contributed by atoms with Gasteiger partial charge in [0.25, 0.3) is 6.47 Å². The average Bonchev–Trinajstić information content (AvgIpc) is 3.32. The first-order valence-electron chi connectivity index (χ1n) is 22.4. The number of nitrogens with one attached hydrogen (secondary N) is 6. The molecule has 0 radical (unpaired) electrons. The quantitative estimate of drug-likeness (QED) is 0.0181. The molecular weight excluding hydrogens is 955 g/mol. The van der Waals surface area contributed by atoms with Gasteiger partial charge in [-0.15, -0.1) is 0 Å². The Hall–Kier alpha value is -7.41. The van der Waals surface area contributed by atoms with Gasteiger partial charge in [0.1, 0.15) is 12.1 Å². The molecule has 6 amide bonds. The van der Waals surface area contributed by atoms with Gasteiger partial charge >= 0.3 is 29.9 Å². The van der Waals surface area contributed by atoms with Crippen LogP contribution in [0.15, 0.2) is 60.7 Å². The van der Waals surface area contributed by atoms with Crippen LogP contribution in [0.1, 0.15) is 75.3 Å². The molecule has 0 aliphatic carbocycles. The van der Waals surface area contributed by atoms with Gasteiger partial charge in [0.05, 0.1) is 30.8 Å². The Labute approximate surface area is 413 Å². The number of carboxylic acid groups (broad SMARTS) is 4. The second kappa shape index (κ2) is 32.4. The second-order valence-electron chi connectivity index (χ2n) is 16.3. The van der Waals surface area contributed by atoms with E-state index in [1.807, 2.05) is 0 Å². The van der Waals surface area contributed by atoms with Crippen molar-refractivity contribution >= 4 is 84.2 Å². The highest BCUT2D eigenvalue weighted by atomic mass is 32.1. The predicted octanol–water partition coefficient (Wildman–Crippen LogP) is -0.292. The standard InChI is InChI=1S/C46H61N7O17S/c47-31(43(64)51-34(23-41(61)62)36(56)22-30(25-71)44(65)66)24-49-42(63)29(19-27-9-3-1-4-10-27)21-35(55)33(20-28-11-5-2-6-12-28)50-38(58)13-7-8-18-48-37(57)15-14-32(45(67)68)52-46(69)53-39(70-26-54)16-17-40(59)60/h1-6,9-12,26,29-34,39,71H,7-8,13-25,47H2,(H,48,57)(H,49,63)(H,50,58)(H,51,64)(H,59,60)(H,61,62)(H,65,66)(H,67,68)(H2,52,53,69)/t29?,30-,31+,32+,33?,34+,39-/m1/s1. The number of carbonyl (C=O) groups excluding carboxylic acids is 8. The number of ether oxygens (including phenoxy) is 1. The van der Waals surface area contributed by atoms with Crippen molar-refractivity contribution in [2.45, 2.75) is 107 Å². The molecule has 0 aliphatic heterocycles. The van der Waals surface area contributed by atoms with Crippen molar-refractivity contribution in [1.82, 2.24) is 31.9 Å². The summed E-state index contributed by atoms with van der Waals surface area (Å²) in [5.74, 6) is -12.1. The lowest BCUT2D eigenvalue weighted by atomic mass is 9.89. The number of nitrogens with two attached hydrogens (primary N) is 1. The number of benzene rings is 2. The van der Waals surface area contributed by atoms with Crippen molar-refractivity contribution in [3.63, 3.8) is 0 Å². The third kappa shape index (κ3) is 24.6. The van der Waals surface area contributed by atoms with Gasteiger partial charge in [-0.25, -0.2) is 9.59 Å². The molecule has 7 atom stereocenters. The summed E-state index contributed by atoms with van der Waals surface area (Å²) < 4.78 is 4.60. The minimum absolute atomic E-state index is 0.0124. The number of aliphatic carboxylic acids is 4. The number of unbranched alkanes of at least 4 members (excludes halogenated alkanes) is 1. The molecule has 2 aromatic carbocycles. The van der Waals surface area contributed by atoms with Crippen molar-refractivity contribution in [1.29, 1.82) is 0 Å². The average molecular weight is 1020 g/mol. The van der Waals surface area contributed by atoms with E-state index in [9.17, 15) is 72.9 Å². The summed E-state index contributed by atoms with van der Waals surface area (Å²) in [5, 5.41) is 51.4.